The molecule has 1 unspecified atom stereocenters. The molecule has 2 aliphatic rings. The van der Waals surface area contributed by atoms with E-state index in [9.17, 15) is 14.7 Å². The minimum atomic E-state index is -0.697. The number of carbonyl (C=O) groups is 2. The molecule has 0 saturated carbocycles. The predicted molar refractivity (Wildman–Crippen MR) is 129 cm³/mol. The Kier molecular flexibility index (Phi) is 7.77. The van der Waals surface area contributed by atoms with Crippen LogP contribution in [0.4, 0.5) is 0 Å². The van der Waals surface area contributed by atoms with E-state index >= 15 is 0 Å². The van der Waals surface area contributed by atoms with Crippen molar-refractivity contribution >= 4 is 17.4 Å². The van der Waals surface area contributed by atoms with Crippen LogP contribution in [-0.4, -0.2) is 72.6 Å². The highest BCUT2D eigenvalue weighted by molar-refractivity contribution is 6.46. The lowest BCUT2D eigenvalue weighted by atomic mass is 9.95. The monoisotopic (exact) mass is 462 g/mol. The Hall–Kier alpha value is -3.42. The van der Waals surface area contributed by atoms with Crippen molar-refractivity contribution in [3.63, 3.8) is 0 Å². The van der Waals surface area contributed by atoms with Crippen molar-refractivity contribution in [3.8, 4) is 5.75 Å². The number of carbonyl (C=O) groups excluding carboxylic acids is 2. The molecular formula is C27H30N2O5. The van der Waals surface area contributed by atoms with E-state index in [1.807, 2.05) is 30.3 Å². The molecule has 2 aromatic carbocycles. The number of Topliss-reactive ketones (excluding diaryl/α,β-unsaturated/α-hetero) is 1. The number of hydrogen-bond donors (Lipinski definition) is 1. The Balaban J connectivity index is 1.67. The topological polar surface area (TPSA) is 79.3 Å². The first-order chi connectivity index (χ1) is 16.6. The number of ketones is 1. The number of amides is 1. The SMILES string of the molecule is C=CCOc1cccc(C2C(=C(O)c3ccccc3)C(=O)C(=O)N2CCCN2CCOCC2)c1. The molecule has 2 aliphatic heterocycles. The molecule has 0 aromatic heterocycles. The minimum Gasteiger partial charge on any atom is -0.507 e. The summed E-state index contributed by atoms with van der Waals surface area (Å²) in [5.74, 6) is -0.829. The summed E-state index contributed by atoms with van der Waals surface area (Å²) in [4.78, 5) is 30.2. The van der Waals surface area contributed by atoms with Crippen molar-refractivity contribution in [3.05, 3.63) is 84.0 Å². The molecule has 0 aliphatic carbocycles. The molecule has 1 atom stereocenters. The van der Waals surface area contributed by atoms with Crippen molar-refractivity contribution in [2.45, 2.75) is 12.5 Å². The highest BCUT2D eigenvalue weighted by atomic mass is 16.5. The molecule has 2 heterocycles. The van der Waals surface area contributed by atoms with E-state index in [0.717, 1.165) is 19.6 Å². The van der Waals surface area contributed by atoms with E-state index in [-0.39, 0.29) is 11.3 Å². The highest BCUT2D eigenvalue weighted by Gasteiger charge is 2.45. The van der Waals surface area contributed by atoms with Crippen LogP contribution in [0.3, 0.4) is 0 Å². The van der Waals surface area contributed by atoms with Crippen molar-refractivity contribution in [1.82, 2.24) is 9.80 Å². The van der Waals surface area contributed by atoms with Gasteiger partial charge >= 0.3 is 0 Å². The van der Waals surface area contributed by atoms with Gasteiger partial charge in [-0.05, 0) is 24.1 Å². The third kappa shape index (κ3) is 5.21. The van der Waals surface area contributed by atoms with Gasteiger partial charge in [0.15, 0.2) is 0 Å². The number of hydrogen-bond acceptors (Lipinski definition) is 6. The van der Waals surface area contributed by atoms with Crippen molar-refractivity contribution in [2.24, 2.45) is 0 Å². The second kappa shape index (κ2) is 11.1. The number of morpholine rings is 1. The molecule has 0 bridgehead atoms. The molecule has 2 saturated heterocycles. The van der Waals surface area contributed by atoms with Crippen LogP contribution < -0.4 is 4.74 Å². The summed E-state index contributed by atoms with van der Waals surface area (Å²) in [6.07, 6.45) is 2.36. The van der Waals surface area contributed by atoms with Crippen LogP contribution >= 0.6 is 0 Å². The Morgan fingerprint density at radius 3 is 2.59 bits per heavy atom. The van der Waals surface area contributed by atoms with E-state index < -0.39 is 17.7 Å². The molecule has 0 spiro atoms. The normalized spacial score (nSPS) is 20.5. The first kappa shape index (κ1) is 23.7. The molecule has 178 valence electrons. The Morgan fingerprint density at radius 1 is 1.09 bits per heavy atom. The van der Waals surface area contributed by atoms with Crippen LogP contribution in [0.25, 0.3) is 5.76 Å². The van der Waals surface area contributed by atoms with Gasteiger partial charge in [-0.25, -0.2) is 0 Å². The fraction of sp³-hybridized carbons (Fsp3) is 0.333. The second-order valence-corrected chi connectivity index (χ2v) is 8.34. The number of aliphatic hydroxyl groups excluding tert-OH is 1. The van der Waals surface area contributed by atoms with E-state index in [1.54, 1.807) is 35.2 Å². The summed E-state index contributed by atoms with van der Waals surface area (Å²) in [6, 6.07) is 15.5. The number of benzene rings is 2. The van der Waals surface area contributed by atoms with Gasteiger partial charge in [-0.2, -0.15) is 0 Å². The summed E-state index contributed by atoms with van der Waals surface area (Å²) in [5.41, 5.74) is 1.31. The van der Waals surface area contributed by atoms with Crippen molar-refractivity contribution < 1.29 is 24.2 Å². The first-order valence-electron chi connectivity index (χ1n) is 11.6. The average molecular weight is 463 g/mol. The number of likely N-dealkylation sites (tertiary alicyclic amines) is 1. The fourth-order valence-corrected chi connectivity index (χ4v) is 4.43. The maximum atomic E-state index is 13.2. The van der Waals surface area contributed by atoms with Crippen LogP contribution in [0.15, 0.2) is 72.8 Å². The van der Waals surface area contributed by atoms with E-state index in [0.29, 0.717) is 49.7 Å². The van der Waals surface area contributed by atoms with Gasteiger partial charge in [0.2, 0.25) is 0 Å². The molecule has 7 nitrogen and oxygen atoms in total. The molecule has 2 aromatic rings. The van der Waals surface area contributed by atoms with Crippen molar-refractivity contribution in [2.75, 3.05) is 46.0 Å². The Bertz CT molecular complexity index is 1060. The maximum absolute atomic E-state index is 13.2. The zero-order chi connectivity index (χ0) is 23.9. The van der Waals surface area contributed by atoms with Crippen LogP contribution in [0.5, 0.6) is 5.75 Å². The number of nitrogens with zero attached hydrogens (tertiary/aromatic N) is 2. The van der Waals surface area contributed by atoms with Crippen molar-refractivity contribution in [1.29, 1.82) is 0 Å². The highest BCUT2D eigenvalue weighted by Crippen LogP contribution is 2.40. The Morgan fingerprint density at radius 2 is 1.85 bits per heavy atom. The quantitative estimate of drug-likeness (QED) is 0.266. The summed E-state index contributed by atoms with van der Waals surface area (Å²) >= 11 is 0. The lowest BCUT2D eigenvalue weighted by Gasteiger charge is -2.29. The number of aliphatic hydroxyl groups is 1. The third-order valence-electron chi connectivity index (χ3n) is 6.11. The van der Waals surface area contributed by atoms with Gasteiger partial charge in [0, 0.05) is 31.7 Å². The van der Waals surface area contributed by atoms with Gasteiger partial charge in [-0.3, -0.25) is 14.5 Å². The molecule has 34 heavy (non-hydrogen) atoms. The molecule has 1 amide bonds. The van der Waals surface area contributed by atoms with E-state index in [1.165, 1.54) is 0 Å². The molecule has 2 fully saturated rings. The minimum absolute atomic E-state index is 0.100. The molecule has 4 rings (SSSR count). The van der Waals surface area contributed by atoms with E-state index in [4.69, 9.17) is 9.47 Å². The molecule has 0 radical (unpaired) electrons. The van der Waals surface area contributed by atoms with Gasteiger partial charge in [0.25, 0.3) is 11.7 Å². The zero-order valence-electron chi connectivity index (χ0n) is 19.2. The molecule has 7 heteroatoms. The van der Waals surface area contributed by atoms with Crippen LogP contribution in [-0.2, 0) is 14.3 Å². The lowest BCUT2D eigenvalue weighted by Crippen LogP contribution is -2.38. The standard InChI is InChI=1S/C27H30N2O5/c1-2-16-34-22-11-6-10-21(19-22)24-23(25(30)20-8-4-3-5-9-20)26(31)27(32)29(24)13-7-12-28-14-17-33-18-15-28/h2-6,8-11,19,24,30H,1,7,12-18H2. The average Bonchev–Trinajstić information content (AvgIpc) is 3.13. The Labute approximate surface area is 199 Å². The smallest absolute Gasteiger partial charge is 0.295 e. The van der Waals surface area contributed by atoms with Crippen LogP contribution in [0, 0.1) is 0 Å². The molecule has 1 N–H and O–H groups in total. The maximum Gasteiger partial charge on any atom is 0.295 e. The first-order valence-corrected chi connectivity index (χ1v) is 11.6. The largest absolute Gasteiger partial charge is 0.507 e. The predicted octanol–water partition coefficient (Wildman–Crippen LogP) is 3.40. The van der Waals surface area contributed by atoms with Gasteiger partial charge in [0.1, 0.15) is 18.1 Å². The number of ether oxygens (including phenoxy) is 2. The fourth-order valence-electron chi connectivity index (χ4n) is 4.43. The zero-order valence-corrected chi connectivity index (χ0v) is 19.2. The van der Waals surface area contributed by atoms with Gasteiger partial charge < -0.3 is 19.5 Å². The summed E-state index contributed by atoms with van der Waals surface area (Å²) < 4.78 is 11.1. The van der Waals surface area contributed by atoms with Gasteiger partial charge in [-0.15, -0.1) is 0 Å². The van der Waals surface area contributed by atoms with E-state index in [2.05, 4.69) is 11.5 Å². The lowest BCUT2D eigenvalue weighted by molar-refractivity contribution is -0.140. The summed E-state index contributed by atoms with van der Waals surface area (Å²) in [7, 11) is 0. The van der Waals surface area contributed by atoms with Gasteiger partial charge in [-0.1, -0.05) is 55.1 Å². The van der Waals surface area contributed by atoms with Crippen LogP contribution in [0.1, 0.15) is 23.6 Å². The second-order valence-electron chi connectivity index (χ2n) is 8.34. The van der Waals surface area contributed by atoms with Crippen LogP contribution in [0.2, 0.25) is 0 Å². The van der Waals surface area contributed by atoms with Gasteiger partial charge in [0.05, 0.1) is 24.8 Å². The third-order valence-corrected chi connectivity index (χ3v) is 6.11. The summed E-state index contributed by atoms with van der Waals surface area (Å²) in [6.45, 7) is 8.35. The summed E-state index contributed by atoms with van der Waals surface area (Å²) in [5, 5.41) is 11.1. The number of rotatable bonds is 9. The molecular weight excluding hydrogens is 432 g/mol.